The average molecular weight is 407 g/mol. The first kappa shape index (κ1) is 21.1. The van der Waals surface area contributed by atoms with Gasteiger partial charge in [0.2, 0.25) is 0 Å². The second-order valence-corrected chi connectivity index (χ2v) is 6.57. The number of nitrogens with zero attached hydrogens (tertiary/aromatic N) is 2. The molecule has 30 heavy (non-hydrogen) atoms. The van der Waals surface area contributed by atoms with Gasteiger partial charge in [0.1, 0.15) is 17.7 Å². The number of carbonyl (C=O) groups excluding carboxylic acids is 1. The Kier molecular flexibility index (Phi) is 7.24. The molecule has 1 N–H and O–H groups in total. The summed E-state index contributed by atoms with van der Waals surface area (Å²) in [6.07, 6.45) is 7.63. The molecule has 0 radical (unpaired) electrons. The van der Waals surface area contributed by atoms with Crippen molar-refractivity contribution in [3.05, 3.63) is 83.6 Å². The lowest BCUT2D eigenvalue weighted by atomic mass is 10.1. The van der Waals surface area contributed by atoms with Gasteiger partial charge in [-0.05, 0) is 36.8 Å². The lowest BCUT2D eigenvalue weighted by Gasteiger charge is -2.15. The van der Waals surface area contributed by atoms with Crippen molar-refractivity contribution in [3.8, 4) is 5.75 Å². The maximum absolute atomic E-state index is 13.9. The molecule has 6 nitrogen and oxygen atoms in total. The van der Waals surface area contributed by atoms with E-state index >= 15 is 0 Å². The molecule has 0 aliphatic rings. The van der Waals surface area contributed by atoms with Crippen molar-refractivity contribution >= 4 is 23.9 Å². The fourth-order valence-corrected chi connectivity index (χ4v) is 2.77. The van der Waals surface area contributed by atoms with Gasteiger partial charge >= 0.3 is 0 Å². The highest BCUT2D eigenvalue weighted by Crippen LogP contribution is 2.22. The number of benzene rings is 2. The Bertz CT molecular complexity index is 1030. The number of anilines is 1. The zero-order valence-electron chi connectivity index (χ0n) is 16.7. The number of hydrogen-bond acceptors (Lipinski definition) is 5. The average Bonchev–Trinajstić information content (AvgIpc) is 2.74. The third-order valence-corrected chi connectivity index (χ3v) is 4.10. The third kappa shape index (κ3) is 5.96. The maximum Gasteiger partial charge on any atom is 0.257 e. The van der Waals surface area contributed by atoms with Crippen molar-refractivity contribution in [2.75, 3.05) is 19.0 Å². The maximum atomic E-state index is 13.9. The summed E-state index contributed by atoms with van der Waals surface area (Å²) in [5.41, 5.74) is 1.50. The van der Waals surface area contributed by atoms with E-state index in [1.807, 2.05) is 6.92 Å². The predicted octanol–water partition coefficient (Wildman–Crippen LogP) is 4.45. The second-order valence-electron chi connectivity index (χ2n) is 6.57. The van der Waals surface area contributed by atoms with E-state index in [1.165, 1.54) is 24.7 Å². The van der Waals surface area contributed by atoms with Crippen molar-refractivity contribution in [2.24, 2.45) is 0 Å². The normalized spacial score (nSPS) is 12.0. The number of methoxy groups -OCH3 is 1. The third-order valence-electron chi connectivity index (χ3n) is 4.10. The molecule has 1 amide bonds. The van der Waals surface area contributed by atoms with E-state index in [-0.39, 0.29) is 17.8 Å². The van der Waals surface area contributed by atoms with Crippen molar-refractivity contribution < 1.29 is 18.7 Å². The highest BCUT2D eigenvalue weighted by molar-refractivity contribution is 6.04. The quantitative estimate of drug-likeness (QED) is 0.559. The first-order valence-corrected chi connectivity index (χ1v) is 9.36. The zero-order chi connectivity index (χ0) is 21.3. The van der Waals surface area contributed by atoms with Crippen LogP contribution in [0.25, 0.3) is 12.2 Å². The van der Waals surface area contributed by atoms with Crippen LogP contribution in [0, 0.1) is 5.82 Å². The summed E-state index contributed by atoms with van der Waals surface area (Å²) < 4.78 is 24.9. The van der Waals surface area contributed by atoms with E-state index in [1.54, 1.807) is 55.7 Å². The minimum Gasteiger partial charge on any atom is -0.488 e. The molecule has 1 atom stereocenters. The highest BCUT2D eigenvalue weighted by atomic mass is 19.1. The topological polar surface area (TPSA) is 73.3 Å². The SMILES string of the molecule is COC[C@H](C)Oc1cc(C=Cc2ccccc2F)cc(C(=O)Nc2cnccn2)c1. The molecule has 0 aliphatic carbocycles. The summed E-state index contributed by atoms with van der Waals surface area (Å²) in [5.74, 6) is 0.154. The molecular weight excluding hydrogens is 385 g/mol. The summed E-state index contributed by atoms with van der Waals surface area (Å²) in [7, 11) is 1.59. The summed E-state index contributed by atoms with van der Waals surface area (Å²) >= 11 is 0. The van der Waals surface area contributed by atoms with E-state index in [4.69, 9.17) is 9.47 Å². The Morgan fingerprint density at radius 2 is 2.03 bits per heavy atom. The Labute approximate surface area is 174 Å². The minimum absolute atomic E-state index is 0.211. The molecule has 1 heterocycles. The highest BCUT2D eigenvalue weighted by Gasteiger charge is 2.12. The van der Waals surface area contributed by atoms with Gasteiger partial charge < -0.3 is 14.8 Å². The number of halogens is 1. The standard InChI is InChI=1S/C23H22FN3O3/c1-16(15-29-2)30-20-12-17(7-8-18-5-3-4-6-21(18)24)11-19(13-20)23(28)27-22-14-25-9-10-26-22/h3-14,16H,15H2,1-2H3,(H,26,27,28)/t16-/m0/s1. The summed E-state index contributed by atoms with van der Waals surface area (Å²) in [6, 6.07) is 11.6. The van der Waals surface area contributed by atoms with Crippen molar-refractivity contribution in [1.82, 2.24) is 9.97 Å². The van der Waals surface area contributed by atoms with Crippen molar-refractivity contribution in [3.63, 3.8) is 0 Å². The predicted molar refractivity (Wildman–Crippen MR) is 114 cm³/mol. The lowest BCUT2D eigenvalue weighted by Crippen LogP contribution is -2.19. The summed E-state index contributed by atoms with van der Waals surface area (Å²) in [4.78, 5) is 20.7. The molecule has 154 valence electrons. The van der Waals surface area contributed by atoms with Gasteiger partial charge in [0.05, 0.1) is 12.8 Å². The molecule has 0 fully saturated rings. The van der Waals surface area contributed by atoms with E-state index in [0.29, 0.717) is 34.9 Å². The van der Waals surface area contributed by atoms with Crippen LogP contribution in [0.3, 0.4) is 0 Å². The van der Waals surface area contributed by atoms with Crippen LogP contribution < -0.4 is 10.1 Å². The van der Waals surface area contributed by atoms with Crippen LogP contribution in [0.2, 0.25) is 0 Å². The summed E-state index contributed by atoms with van der Waals surface area (Å²) in [5, 5.41) is 2.70. The van der Waals surface area contributed by atoms with Gasteiger partial charge in [0.25, 0.3) is 5.91 Å². The van der Waals surface area contributed by atoms with Crippen LogP contribution in [-0.4, -0.2) is 35.7 Å². The second kappa shape index (κ2) is 10.3. The molecule has 0 saturated heterocycles. The van der Waals surface area contributed by atoms with Gasteiger partial charge in [0, 0.05) is 30.6 Å². The Morgan fingerprint density at radius 1 is 1.20 bits per heavy atom. The molecule has 7 heteroatoms. The Morgan fingerprint density at radius 3 is 2.77 bits per heavy atom. The number of hydrogen-bond donors (Lipinski definition) is 1. The molecule has 0 bridgehead atoms. The van der Waals surface area contributed by atoms with E-state index < -0.39 is 0 Å². The van der Waals surface area contributed by atoms with E-state index in [9.17, 15) is 9.18 Å². The van der Waals surface area contributed by atoms with Crippen LogP contribution >= 0.6 is 0 Å². The molecule has 3 rings (SSSR count). The molecule has 0 spiro atoms. The molecule has 0 unspecified atom stereocenters. The van der Waals surface area contributed by atoms with Gasteiger partial charge in [0.15, 0.2) is 5.82 Å². The minimum atomic E-state index is -0.360. The number of ether oxygens (including phenoxy) is 2. The van der Waals surface area contributed by atoms with Gasteiger partial charge in [-0.25, -0.2) is 9.37 Å². The van der Waals surface area contributed by atoms with Crippen LogP contribution in [0.1, 0.15) is 28.4 Å². The van der Waals surface area contributed by atoms with Crippen molar-refractivity contribution in [1.29, 1.82) is 0 Å². The van der Waals surface area contributed by atoms with Crippen LogP contribution in [0.15, 0.2) is 61.1 Å². The number of nitrogens with one attached hydrogen (secondary N) is 1. The molecule has 1 aromatic heterocycles. The zero-order valence-corrected chi connectivity index (χ0v) is 16.7. The molecule has 2 aromatic carbocycles. The Hall–Kier alpha value is -3.58. The lowest BCUT2D eigenvalue weighted by molar-refractivity contribution is 0.0917. The largest absolute Gasteiger partial charge is 0.488 e. The Balaban J connectivity index is 1.89. The van der Waals surface area contributed by atoms with Crippen LogP contribution in [0.4, 0.5) is 10.2 Å². The first-order chi connectivity index (χ1) is 14.5. The smallest absolute Gasteiger partial charge is 0.257 e. The fraction of sp³-hybridized carbons (Fsp3) is 0.174. The van der Waals surface area contributed by atoms with Crippen LogP contribution in [0.5, 0.6) is 5.75 Å². The number of rotatable bonds is 8. The first-order valence-electron chi connectivity index (χ1n) is 9.36. The van der Waals surface area contributed by atoms with E-state index in [2.05, 4.69) is 15.3 Å². The molecule has 0 saturated carbocycles. The monoisotopic (exact) mass is 407 g/mol. The van der Waals surface area contributed by atoms with Gasteiger partial charge in [-0.1, -0.05) is 30.4 Å². The van der Waals surface area contributed by atoms with Gasteiger partial charge in [-0.15, -0.1) is 0 Å². The van der Waals surface area contributed by atoms with Crippen LogP contribution in [-0.2, 0) is 4.74 Å². The number of carbonyl (C=O) groups is 1. The number of aromatic nitrogens is 2. The fourth-order valence-electron chi connectivity index (χ4n) is 2.77. The molecule has 3 aromatic rings. The molecular formula is C23H22FN3O3. The molecule has 0 aliphatic heterocycles. The number of amides is 1. The van der Waals surface area contributed by atoms with Gasteiger partial charge in [-0.2, -0.15) is 0 Å². The van der Waals surface area contributed by atoms with Gasteiger partial charge in [-0.3, -0.25) is 9.78 Å². The summed E-state index contributed by atoms with van der Waals surface area (Å²) in [6.45, 7) is 2.26. The van der Waals surface area contributed by atoms with E-state index in [0.717, 1.165) is 0 Å². The van der Waals surface area contributed by atoms with Crippen molar-refractivity contribution in [2.45, 2.75) is 13.0 Å².